The van der Waals surface area contributed by atoms with E-state index in [1.165, 1.54) is 23.3 Å². The minimum absolute atomic E-state index is 0.0950. The lowest BCUT2D eigenvalue weighted by molar-refractivity contribution is -0.384. The number of hydrogen-bond donors (Lipinski definition) is 1. The van der Waals surface area contributed by atoms with Crippen molar-refractivity contribution in [2.24, 2.45) is 0 Å². The third kappa shape index (κ3) is 3.89. The van der Waals surface area contributed by atoms with Crippen molar-refractivity contribution in [3.8, 4) is 0 Å². The number of nitro benzene ring substituents is 1. The average Bonchev–Trinajstić information content (AvgIpc) is 2.46. The summed E-state index contributed by atoms with van der Waals surface area (Å²) in [6.45, 7) is 4.85. The first-order valence-corrected chi connectivity index (χ1v) is 7.50. The van der Waals surface area contributed by atoms with Crippen LogP contribution in [0, 0.1) is 17.0 Å². The predicted molar refractivity (Wildman–Crippen MR) is 87.2 cm³/mol. The van der Waals surface area contributed by atoms with Crippen molar-refractivity contribution in [2.75, 3.05) is 0 Å². The van der Waals surface area contributed by atoms with Crippen LogP contribution in [-0.2, 0) is 6.54 Å². The second kappa shape index (κ2) is 6.83. The SMILES string of the molecule is Cc1ccccc1C(C)NCc1ccc([N+](=O)[O-])cc1Br. The van der Waals surface area contributed by atoms with E-state index in [1.54, 1.807) is 6.07 Å². The number of halogens is 1. The topological polar surface area (TPSA) is 55.2 Å². The van der Waals surface area contributed by atoms with Gasteiger partial charge in [-0.1, -0.05) is 40.2 Å². The van der Waals surface area contributed by atoms with E-state index in [1.807, 2.05) is 12.1 Å². The van der Waals surface area contributed by atoms with Gasteiger partial charge in [-0.25, -0.2) is 0 Å². The Kier molecular flexibility index (Phi) is 5.09. The Morgan fingerprint density at radius 1 is 1.29 bits per heavy atom. The third-order valence-corrected chi connectivity index (χ3v) is 4.24. The number of aryl methyl sites for hydroxylation is 1. The second-order valence-electron chi connectivity index (χ2n) is 4.99. The number of nitrogens with zero attached hydrogens (tertiary/aromatic N) is 1. The van der Waals surface area contributed by atoms with Crippen LogP contribution < -0.4 is 5.32 Å². The Bertz CT molecular complexity index is 658. The highest BCUT2D eigenvalue weighted by molar-refractivity contribution is 9.10. The molecular weight excluding hydrogens is 332 g/mol. The van der Waals surface area contributed by atoms with Crippen LogP contribution in [0.4, 0.5) is 5.69 Å². The number of rotatable bonds is 5. The summed E-state index contributed by atoms with van der Waals surface area (Å²) in [5, 5.41) is 14.2. The lowest BCUT2D eigenvalue weighted by atomic mass is 10.0. The van der Waals surface area contributed by atoms with Crippen LogP contribution >= 0.6 is 15.9 Å². The van der Waals surface area contributed by atoms with E-state index in [-0.39, 0.29) is 11.7 Å². The fourth-order valence-electron chi connectivity index (χ4n) is 2.24. The summed E-state index contributed by atoms with van der Waals surface area (Å²) in [6.07, 6.45) is 0. The maximum absolute atomic E-state index is 10.7. The molecule has 1 unspecified atom stereocenters. The van der Waals surface area contributed by atoms with Gasteiger partial charge in [0.25, 0.3) is 5.69 Å². The number of hydrogen-bond acceptors (Lipinski definition) is 3. The van der Waals surface area contributed by atoms with Crippen LogP contribution in [0.25, 0.3) is 0 Å². The quantitative estimate of drug-likeness (QED) is 0.638. The van der Waals surface area contributed by atoms with E-state index < -0.39 is 4.92 Å². The molecule has 2 rings (SSSR count). The Labute approximate surface area is 132 Å². The highest BCUT2D eigenvalue weighted by Gasteiger charge is 2.11. The standard InChI is InChI=1S/C16H17BrN2O2/c1-11-5-3-4-6-15(11)12(2)18-10-13-7-8-14(19(20)21)9-16(13)17/h3-9,12,18H,10H2,1-2H3. The third-order valence-electron chi connectivity index (χ3n) is 3.50. The molecule has 0 fully saturated rings. The molecule has 0 aliphatic heterocycles. The molecule has 0 saturated heterocycles. The first kappa shape index (κ1) is 15.7. The molecule has 0 aliphatic rings. The van der Waals surface area contributed by atoms with Crippen LogP contribution in [0.15, 0.2) is 46.9 Å². The minimum atomic E-state index is -0.391. The zero-order valence-electron chi connectivity index (χ0n) is 12.0. The Morgan fingerprint density at radius 3 is 2.62 bits per heavy atom. The van der Waals surface area contributed by atoms with Crippen LogP contribution in [0.3, 0.4) is 0 Å². The van der Waals surface area contributed by atoms with E-state index >= 15 is 0 Å². The van der Waals surface area contributed by atoms with Gasteiger partial charge in [0.05, 0.1) is 4.92 Å². The molecule has 0 aliphatic carbocycles. The van der Waals surface area contributed by atoms with Gasteiger partial charge in [-0.3, -0.25) is 10.1 Å². The second-order valence-corrected chi connectivity index (χ2v) is 5.85. The van der Waals surface area contributed by atoms with Crippen molar-refractivity contribution in [1.82, 2.24) is 5.32 Å². The highest BCUT2D eigenvalue weighted by atomic mass is 79.9. The van der Waals surface area contributed by atoms with Crippen molar-refractivity contribution in [2.45, 2.75) is 26.4 Å². The number of benzene rings is 2. The van der Waals surface area contributed by atoms with Gasteiger partial charge < -0.3 is 5.32 Å². The van der Waals surface area contributed by atoms with Gasteiger partial charge in [-0.05, 0) is 36.6 Å². The molecule has 1 atom stereocenters. The van der Waals surface area contributed by atoms with Crippen LogP contribution in [-0.4, -0.2) is 4.92 Å². The summed E-state index contributed by atoms with van der Waals surface area (Å²) in [5.74, 6) is 0. The molecule has 4 nitrogen and oxygen atoms in total. The Balaban J connectivity index is 2.06. The molecular formula is C16H17BrN2O2. The lowest BCUT2D eigenvalue weighted by Gasteiger charge is -2.17. The van der Waals surface area contributed by atoms with Crippen LogP contribution in [0.5, 0.6) is 0 Å². The molecule has 21 heavy (non-hydrogen) atoms. The fraction of sp³-hybridized carbons (Fsp3) is 0.250. The molecule has 0 amide bonds. The van der Waals surface area contributed by atoms with Crippen molar-refractivity contribution in [3.63, 3.8) is 0 Å². The summed E-state index contributed by atoms with van der Waals surface area (Å²) in [7, 11) is 0. The lowest BCUT2D eigenvalue weighted by Crippen LogP contribution is -2.19. The zero-order chi connectivity index (χ0) is 15.4. The molecule has 0 radical (unpaired) electrons. The van der Waals surface area contributed by atoms with Crippen molar-refractivity contribution in [3.05, 3.63) is 73.7 Å². The molecule has 5 heteroatoms. The molecule has 0 spiro atoms. The van der Waals surface area contributed by atoms with E-state index in [9.17, 15) is 10.1 Å². The van der Waals surface area contributed by atoms with Gasteiger partial charge in [0, 0.05) is 29.2 Å². The van der Waals surface area contributed by atoms with E-state index in [2.05, 4.69) is 47.2 Å². The summed E-state index contributed by atoms with van der Waals surface area (Å²) >= 11 is 3.39. The first-order chi connectivity index (χ1) is 9.99. The average molecular weight is 349 g/mol. The Morgan fingerprint density at radius 2 is 2.00 bits per heavy atom. The monoisotopic (exact) mass is 348 g/mol. The highest BCUT2D eigenvalue weighted by Crippen LogP contribution is 2.24. The first-order valence-electron chi connectivity index (χ1n) is 6.70. The van der Waals surface area contributed by atoms with Gasteiger partial charge in [-0.2, -0.15) is 0 Å². The molecule has 0 heterocycles. The number of nitrogens with one attached hydrogen (secondary N) is 1. The van der Waals surface area contributed by atoms with Gasteiger partial charge in [0.2, 0.25) is 0 Å². The molecule has 0 bridgehead atoms. The normalized spacial score (nSPS) is 12.1. The summed E-state index contributed by atoms with van der Waals surface area (Å²) in [6, 6.07) is 13.3. The van der Waals surface area contributed by atoms with E-state index in [4.69, 9.17) is 0 Å². The van der Waals surface area contributed by atoms with Crippen molar-refractivity contribution in [1.29, 1.82) is 0 Å². The van der Waals surface area contributed by atoms with Crippen molar-refractivity contribution >= 4 is 21.6 Å². The smallest absolute Gasteiger partial charge is 0.270 e. The van der Waals surface area contributed by atoms with E-state index in [0.717, 1.165) is 10.0 Å². The maximum atomic E-state index is 10.7. The number of nitro groups is 1. The van der Waals surface area contributed by atoms with Gasteiger partial charge in [0.1, 0.15) is 0 Å². The molecule has 1 N–H and O–H groups in total. The minimum Gasteiger partial charge on any atom is -0.306 e. The maximum Gasteiger partial charge on any atom is 0.270 e. The van der Waals surface area contributed by atoms with Gasteiger partial charge >= 0.3 is 0 Å². The summed E-state index contributed by atoms with van der Waals surface area (Å²) in [5.41, 5.74) is 3.61. The summed E-state index contributed by atoms with van der Waals surface area (Å²) in [4.78, 5) is 10.3. The Hall–Kier alpha value is -1.72. The van der Waals surface area contributed by atoms with Gasteiger partial charge in [0.15, 0.2) is 0 Å². The van der Waals surface area contributed by atoms with Crippen molar-refractivity contribution < 1.29 is 4.92 Å². The van der Waals surface area contributed by atoms with E-state index in [0.29, 0.717) is 6.54 Å². The molecule has 0 aromatic heterocycles. The number of non-ortho nitro benzene ring substituents is 1. The molecule has 0 saturated carbocycles. The predicted octanol–water partition coefficient (Wildman–Crippen LogP) is 4.52. The molecule has 2 aromatic rings. The van der Waals surface area contributed by atoms with Crippen LogP contribution in [0.1, 0.15) is 29.7 Å². The largest absolute Gasteiger partial charge is 0.306 e. The molecule has 2 aromatic carbocycles. The summed E-state index contributed by atoms with van der Waals surface area (Å²) < 4.78 is 0.751. The van der Waals surface area contributed by atoms with Gasteiger partial charge in [-0.15, -0.1) is 0 Å². The zero-order valence-corrected chi connectivity index (χ0v) is 13.6. The van der Waals surface area contributed by atoms with Crippen LogP contribution in [0.2, 0.25) is 0 Å². The fourth-order valence-corrected chi connectivity index (χ4v) is 2.75. The molecule has 110 valence electrons.